The number of allylic oxidation sites excluding steroid dienone is 2. The van der Waals surface area contributed by atoms with Crippen LogP contribution in [0, 0.1) is 0 Å². The van der Waals surface area contributed by atoms with E-state index >= 15 is 0 Å². The number of benzene rings is 1. The fourth-order valence-electron chi connectivity index (χ4n) is 1.30. The monoisotopic (exact) mass is 210 g/mol. The Morgan fingerprint density at radius 1 is 1.31 bits per heavy atom. The Morgan fingerprint density at radius 2 is 1.92 bits per heavy atom. The van der Waals surface area contributed by atoms with Crippen molar-refractivity contribution < 1.29 is 0 Å². The molecule has 0 aliphatic rings. The Morgan fingerprint density at radius 3 is 2.46 bits per heavy atom. The van der Waals surface area contributed by atoms with Gasteiger partial charge in [-0.25, -0.2) is 0 Å². The molecule has 0 saturated heterocycles. The predicted molar refractivity (Wildman–Crippen MR) is 63.3 cm³/mol. The van der Waals surface area contributed by atoms with E-state index in [9.17, 15) is 0 Å². The molecule has 0 atom stereocenters. The molecule has 0 heterocycles. The molecule has 0 fully saturated rings. The largest absolute Gasteiger partial charge is 0.0897 e. The molecule has 70 valence electrons. The minimum absolute atomic E-state index is 0.965. The molecular weight excluding hydrogens is 196 g/mol. The van der Waals surface area contributed by atoms with Gasteiger partial charge >= 0.3 is 0 Å². The maximum atomic E-state index is 6.08. The molecule has 0 radical (unpaired) electrons. The Labute approximate surface area is 88.0 Å². The number of halogens is 1. The van der Waals surface area contributed by atoms with Crippen molar-refractivity contribution in [1.82, 2.24) is 0 Å². The van der Waals surface area contributed by atoms with E-state index in [0.717, 1.165) is 28.1 Å². The molecule has 0 nitrogen and oxygen atoms in total. The second-order valence-electron chi connectivity index (χ2n) is 3.20. The Hall–Kier alpha value is -0.533. The van der Waals surface area contributed by atoms with Gasteiger partial charge in [0.2, 0.25) is 0 Å². The molecule has 1 aromatic carbocycles. The van der Waals surface area contributed by atoms with E-state index in [4.69, 9.17) is 11.6 Å². The Kier molecular flexibility index (Phi) is 4.26. The zero-order valence-electron chi connectivity index (χ0n) is 8.18. The van der Waals surface area contributed by atoms with Gasteiger partial charge in [-0.3, -0.25) is 0 Å². The molecule has 0 saturated carbocycles. The highest BCUT2D eigenvalue weighted by molar-refractivity contribution is 6.36. The highest BCUT2D eigenvalue weighted by atomic mass is 35.5. The predicted octanol–water partition coefficient (Wildman–Crippen LogP) is 2.45. The molecule has 0 aromatic heterocycles. The fraction of sp³-hybridized carbons (Fsp3) is 0.273. The van der Waals surface area contributed by atoms with E-state index in [1.807, 2.05) is 6.07 Å². The third-order valence-corrected chi connectivity index (χ3v) is 3.95. The fourth-order valence-corrected chi connectivity index (χ4v) is 2.13. The van der Waals surface area contributed by atoms with Crippen molar-refractivity contribution in [3.8, 4) is 0 Å². The van der Waals surface area contributed by atoms with Gasteiger partial charge in [0.1, 0.15) is 0 Å². The third-order valence-electron chi connectivity index (χ3n) is 2.09. The highest BCUT2D eigenvalue weighted by Gasteiger charge is 1.98. The number of rotatable bonds is 3. The summed E-state index contributed by atoms with van der Waals surface area (Å²) in [6.07, 6.45) is 1.99. The van der Waals surface area contributed by atoms with Gasteiger partial charge in [-0.1, -0.05) is 54.1 Å². The molecule has 13 heavy (non-hydrogen) atoms. The highest BCUT2D eigenvalue weighted by Crippen LogP contribution is 2.15. The van der Waals surface area contributed by atoms with Crippen molar-refractivity contribution in [1.29, 1.82) is 0 Å². The molecule has 1 rings (SSSR count). The molecule has 0 bridgehead atoms. The normalized spacial score (nSPS) is 12.8. The first-order valence-electron chi connectivity index (χ1n) is 4.62. The molecule has 0 unspecified atom stereocenters. The maximum absolute atomic E-state index is 6.08. The van der Waals surface area contributed by atoms with Crippen LogP contribution in [0.1, 0.15) is 18.9 Å². The zero-order chi connectivity index (χ0) is 9.68. The van der Waals surface area contributed by atoms with E-state index in [2.05, 4.69) is 31.2 Å². The lowest BCUT2D eigenvalue weighted by atomic mass is 10.1. The summed E-state index contributed by atoms with van der Waals surface area (Å²) in [6, 6.07) is 10.5. The van der Waals surface area contributed by atoms with Crippen LogP contribution in [0.4, 0.5) is 0 Å². The van der Waals surface area contributed by atoms with Crippen molar-refractivity contribution in [3.63, 3.8) is 0 Å². The molecule has 0 spiro atoms. The molecule has 1 aromatic rings. The third kappa shape index (κ3) is 3.37. The van der Waals surface area contributed by atoms with Crippen molar-refractivity contribution in [2.24, 2.45) is 0 Å². The summed E-state index contributed by atoms with van der Waals surface area (Å²) >= 11 is 6.08. The Bertz CT molecular complexity index is 290. The van der Waals surface area contributed by atoms with Crippen LogP contribution >= 0.6 is 11.6 Å². The van der Waals surface area contributed by atoms with Crippen molar-refractivity contribution >= 4 is 21.8 Å². The second kappa shape index (κ2) is 5.25. The first-order chi connectivity index (χ1) is 6.24. The lowest BCUT2D eigenvalue weighted by Crippen LogP contribution is -1.92. The van der Waals surface area contributed by atoms with E-state index in [1.165, 1.54) is 10.8 Å². The van der Waals surface area contributed by atoms with Crippen LogP contribution in [0.5, 0.6) is 0 Å². The van der Waals surface area contributed by atoms with Crippen LogP contribution in [0.2, 0.25) is 0 Å². The van der Waals surface area contributed by atoms with Crippen LogP contribution in [-0.2, 0) is 6.42 Å². The summed E-state index contributed by atoms with van der Waals surface area (Å²) < 4.78 is 0. The molecule has 0 aliphatic carbocycles. The van der Waals surface area contributed by atoms with E-state index in [1.54, 1.807) is 0 Å². The summed E-state index contributed by atoms with van der Waals surface area (Å²) in [6.45, 7) is 2.10. The van der Waals surface area contributed by atoms with Gasteiger partial charge < -0.3 is 0 Å². The molecule has 0 amide bonds. The van der Waals surface area contributed by atoms with Gasteiger partial charge in [0, 0.05) is 15.3 Å². The summed E-state index contributed by atoms with van der Waals surface area (Å²) in [5, 5.41) is 2.46. The lowest BCUT2D eigenvalue weighted by molar-refractivity contribution is 1.13. The van der Waals surface area contributed by atoms with Crippen LogP contribution in [0.15, 0.2) is 40.6 Å². The number of hydrogen-bond donors (Lipinski definition) is 0. The first kappa shape index (κ1) is 10.5. The zero-order valence-corrected chi connectivity index (χ0v) is 10.9. The molecular formula is C11H15ClSi. The average molecular weight is 211 g/mol. The van der Waals surface area contributed by atoms with Crippen molar-refractivity contribution in [2.45, 2.75) is 19.8 Å². The Balaban J connectivity index is 2.70. The molecule has 0 aliphatic heterocycles. The van der Waals surface area contributed by atoms with E-state index in [-0.39, 0.29) is 0 Å². The number of hydrogen-bond acceptors (Lipinski definition) is 0. The summed E-state index contributed by atoms with van der Waals surface area (Å²) in [5.41, 5.74) is 1.36. The van der Waals surface area contributed by atoms with Gasteiger partial charge in [0.15, 0.2) is 0 Å². The standard InChI is InChI=1S/C11H15ClSi/c1-2-10(12)11(13)8-9-6-4-3-5-7-9/h3-7H,2,8H2,1,13H3. The molecule has 2 heteroatoms. The maximum Gasteiger partial charge on any atom is 0.0352 e. The van der Waals surface area contributed by atoms with Crippen LogP contribution in [0.25, 0.3) is 0 Å². The van der Waals surface area contributed by atoms with Gasteiger partial charge in [0.05, 0.1) is 0 Å². The van der Waals surface area contributed by atoms with Crippen LogP contribution < -0.4 is 0 Å². The molecule has 0 N–H and O–H groups in total. The average Bonchev–Trinajstić information content (AvgIpc) is 2.18. The second-order valence-corrected chi connectivity index (χ2v) is 4.86. The minimum atomic E-state index is 0.965. The van der Waals surface area contributed by atoms with Gasteiger partial charge in [0.25, 0.3) is 0 Å². The summed E-state index contributed by atoms with van der Waals surface area (Å²) in [5.74, 6) is 0. The SMILES string of the molecule is CCC(Cl)=C([SiH3])Cc1ccccc1. The van der Waals surface area contributed by atoms with E-state index < -0.39 is 0 Å². The van der Waals surface area contributed by atoms with Gasteiger partial charge in [-0.15, -0.1) is 0 Å². The van der Waals surface area contributed by atoms with Gasteiger partial charge in [-0.05, 0) is 18.4 Å². The van der Waals surface area contributed by atoms with E-state index in [0.29, 0.717) is 0 Å². The summed E-state index contributed by atoms with van der Waals surface area (Å²) in [7, 11) is 1.07. The quantitative estimate of drug-likeness (QED) is 0.673. The first-order valence-corrected chi connectivity index (χ1v) is 6.00. The van der Waals surface area contributed by atoms with Gasteiger partial charge in [-0.2, -0.15) is 0 Å². The topological polar surface area (TPSA) is 0 Å². The van der Waals surface area contributed by atoms with Crippen LogP contribution in [0.3, 0.4) is 0 Å². The smallest absolute Gasteiger partial charge is 0.0352 e. The van der Waals surface area contributed by atoms with Crippen LogP contribution in [-0.4, -0.2) is 10.2 Å². The van der Waals surface area contributed by atoms with Crippen molar-refractivity contribution in [3.05, 3.63) is 46.1 Å². The lowest BCUT2D eigenvalue weighted by Gasteiger charge is -2.04. The van der Waals surface area contributed by atoms with Crippen molar-refractivity contribution in [2.75, 3.05) is 0 Å². The summed E-state index contributed by atoms with van der Waals surface area (Å²) in [4.78, 5) is 0. The minimum Gasteiger partial charge on any atom is -0.0897 e.